The maximum Gasteiger partial charge on any atom is 0.324 e. The molecular formula is C26H31N5O4. The monoisotopic (exact) mass is 477 g/mol. The van der Waals surface area contributed by atoms with E-state index in [0.29, 0.717) is 29.5 Å². The van der Waals surface area contributed by atoms with E-state index in [2.05, 4.69) is 25.7 Å². The van der Waals surface area contributed by atoms with Crippen LogP contribution in [-0.4, -0.2) is 53.2 Å². The highest BCUT2D eigenvalue weighted by molar-refractivity contribution is 5.99. The number of ketones is 1. The first kappa shape index (κ1) is 24.6. The van der Waals surface area contributed by atoms with Gasteiger partial charge in [0.1, 0.15) is 11.5 Å². The number of urea groups is 1. The molecule has 184 valence electrons. The number of anilines is 2. The Hall–Kier alpha value is -3.56. The average molecular weight is 478 g/mol. The van der Waals surface area contributed by atoms with Crippen LogP contribution < -0.4 is 10.6 Å². The van der Waals surface area contributed by atoms with Crippen LogP contribution in [0.1, 0.15) is 48.3 Å². The number of carbonyl (C=O) groups excluding carboxylic acids is 2. The summed E-state index contributed by atoms with van der Waals surface area (Å²) in [5, 5.41) is 9.29. The molecule has 0 radical (unpaired) electrons. The van der Waals surface area contributed by atoms with E-state index in [0.717, 1.165) is 37.6 Å². The van der Waals surface area contributed by atoms with Crippen LogP contribution in [0, 0.1) is 0 Å². The zero-order chi connectivity index (χ0) is 24.8. The van der Waals surface area contributed by atoms with Crippen LogP contribution in [0.25, 0.3) is 0 Å². The highest BCUT2D eigenvalue weighted by Crippen LogP contribution is 2.24. The largest absolute Gasteiger partial charge is 0.379 e. The van der Waals surface area contributed by atoms with Crippen molar-refractivity contribution >= 4 is 23.3 Å². The van der Waals surface area contributed by atoms with Crippen molar-refractivity contribution in [3.05, 3.63) is 71.2 Å². The lowest BCUT2D eigenvalue weighted by atomic mass is 9.93. The molecule has 1 aliphatic rings. The number of hydrogen-bond acceptors (Lipinski definition) is 7. The number of rotatable bonds is 7. The SMILES string of the molecule is CC(C)(C)c1cc(NC(=O)Nc2ccc(CC(=O)c3cccc(CN4CCOCC4)n3)cc2)no1. The van der Waals surface area contributed by atoms with Crippen LogP contribution in [0.5, 0.6) is 0 Å². The fraction of sp³-hybridized carbons (Fsp3) is 0.385. The summed E-state index contributed by atoms with van der Waals surface area (Å²) in [7, 11) is 0. The predicted octanol–water partition coefficient (Wildman–Crippen LogP) is 4.27. The zero-order valence-electron chi connectivity index (χ0n) is 20.3. The molecule has 0 unspecified atom stereocenters. The molecule has 0 atom stereocenters. The highest BCUT2D eigenvalue weighted by atomic mass is 16.5. The number of nitrogens with one attached hydrogen (secondary N) is 2. The van der Waals surface area contributed by atoms with Crippen LogP contribution >= 0.6 is 0 Å². The second kappa shape index (κ2) is 10.8. The van der Waals surface area contributed by atoms with Gasteiger partial charge in [-0.25, -0.2) is 9.78 Å². The van der Waals surface area contributed by atoms with Crippen molar-refractivity contribution in [3.63, 3.8) is 0 Å². The van der Waals surface area contributed by atoms with Crippen LogP contribution in [0.4, 0.5) is 16.3 Å². The van der Waals surface area contributed by atoms with E-state index in [9.17, 15) is 9.59 Å². The Kier molecular flexibility index (Phi) is 7.57. The third kappa shape index (κ3) is 6.97. The Morgan fingerprint density at radius 1 is 1.03 bits per heavy atom. The Labute approximate surface area is 204 Å². The molecule has 0 aliphatic carbocycles. The molecular weight excluding hydrogens is 446 g/mol. The quantitative estimate of drug-likeness (QED) is 0.489. The van der Waals surface area contributed by atoms with Crippen LogP contribution in [0.3, 0.4) is 0 Å². The van der Waals surface area contributed by atoms with E-state index in [1.165, 1.54) is 0 Å². The molecule has 2 N–H and O–H groups in total. The smallest absolute Gasteiger partial charge is 0.324 e. The van der Waals surface area contributed by atoms with Gasteiger partial charge in [0.25, 0.3) is 0 Å². The molecule has 3 heterocycles. The van der Waals surface area contributed by atoms with Gasteiger partial charge in [-0.3, -0.25) is 15.0 Å². The minimum Gasteiger partial charge on any atom is -0.379 e. The predicted molar refractivity (Wildman–Crippen MR) is 133 cm³/mol. The molecule has 1 aromatic carbocycles. The second-order valence-electron chi connectivity index (χ2n) is 9.61. The first-order chi connectivity index (χ1) is 16.8. The van der Waals surface area contributed by atoms with Crippen molar-refractivity contribution in [1.82, 2.24) is 15.0 Å². The van der Waals surface area contributed by atoms with Gasteiger partial charge in [0, 0.05) is 43.2 Å². The second-order valence-corrected chi connectivity index (χ2v) is 9.61. The number of aromatic nitrogens is 2. The van der Waals surface area contributed by atoms with Gasteiger partial charge in [-0.2, -0.15) is 0 Å². The molecule has 0 saturated carbocycles. The first-order valence-corrected chi connectivity index (χ1v) is 11.7. The van der Waals surface area contributed by atoms with Crippen LogP contribution in [0.2, 0.25) is 0 Å². The van der Waals surface area contributed by atoms with Gasteiger partial charge in [0.05, 0.1) is 18.9 Å². The molecule has 2 amide bonds. The Morgan fingerprint density at radius 2 is 1.77 bits per heavy atom. The lowest BCUT2D eigenvalue weighted by molar-refractivity contribution is 0.0336. The third-order valence-electron chi connectivity index (χ3n) is 5.65. The van der Waals surface area contributed by atoms with Gasteiger partial charge in [-0.15, -0.1) is 0 Å². The van der Waals surface area contributed by atoms with Crippen molar-refractivity contribution in [1.29, 1.82) is 0 Å². The van der Waals surface area contributed by atoms with E-state index in [1.807, 2.05) is 45.0 Å². The molecule has 9 heteroatoms. The summed E-state index contributed by atoms with van der Waals surface area (Å²) in [6.07, 6.45) is 0.231. The van der Waals surface area contributed by atoms with Crippen molar-refractivity contribution in [2.45, 2.75) is 39.2 Å². The molecule has 0 spiro atoms. The number of nitrogens with zero attached hydrogens (tertiary/aromatic N) is 3. The van der Waals surface area contributed by atoms with Crippen molar-refractivity contribution in [3.8, 4) is 0 Å². The minimum atomic E-state index is -0.427. The summed E-state index contributed by atoms with van der Waals surface area (Å²) in [6.45, 7) is 9.90. The molecule has 1 saturated heterocycles. The van der Waals surface area contributed by atoms with E-state index in [-0.39, 0.29) is 17.6 Å². The maximum atomic E-state index is 12.8. The standard InChI is InChI=1S/C26H31N5O4/c1-26(2,3)23-16-24(30-35-23)29-25(33)28-19-9-7-18(8-10-19)15-22(32)21-6-4-5-20(27-21)17-31-11-13-34-14-12-31/h4-10,16H,11-15,17H2,1-3H3,(H2,28,29,30,33). The summed E-state index contributed by atoms with van der Waals surface area (Å²) in [5.41, 5.74) is 2.58. The van der Waals surface area contributed by atoms with E-state index < -0.39 is 6.03 Å². The van der Waals surface area contributed by atoms with Crippen LogP contribution in [-0.2, 0) is 23.1 Å². The van der Waals surface area contributed by atoms with E-state index in [1.54, 1.807) is 24.3 Å². The minimum absolute atomic E-state index is 0.0482. The van der Waals surface area contributed by atoms with E-state index in [4.69, 9.17) is 9.26 Å². The van der Waals surface area contributed by atoms with Gasteiger partial charge in [-0.05, 0) is 29.8 Å². The number of amides is 2. The van der Waals surface area contributed by atoms with Gasteiger partial charge < -0.3 is 14.6 Å². The molecule has 4 rings (SSSR count). The number of Topliss-reactive ketones (excluding diaryl/α,β-unsaturated/α-hetero) is 1. The van der Waals surface area contributed by atoms with Gasteiger partial charge in [0.2, 0.25) is 0 Å². The number of carbonyl (C=O) groups is 2. The van der Waals surface area contributed by atoms with Gasteiger partial charge in [-0.1, -0.05) is 44.1 Å². The topological polar surface area (TPSA) is 110 Å². The van der Waals surface area contributed by atoms with Crippen molar-refractivity contribution in [2.24, 2.45) is 0 Å². The summed E-state index contributed by atoms with van der Waals surface area (Å²) < 4.78 is 10.7. The number of benzene rings is 1. The lowest BCUT2D eigenvalue weighted by Gasteiger charge is -2.26. The molecule has 1 aliphatic heterocycles. The lowest BCUT2D eigenvalue weighted by Crippen LogP contribution is -2.35. The fourth-order valence-corrected chi connectivity index (χ4v) is 3.66. The van der Waals surface area contributed by atoms with E-state index >= 15 is 0 Å². The number of hydrogen-bond donors (Lipinski definition) is 2. The van der Waals surface area contributed by atoms with Crippen LogP contribution in [0.15, 0.2) is 53.1 Å². The molecule has 9 nitrogen and oxygen atoms in total. The fourth-order valence-electron chi connectivity index (χ4n) is 3.66. The Morgan fingerprint density at radius 3 is 2.46 bits per heavy atom. The van der Waals surface area contributed by atoms with Gasteiger partial charge in [0.15, 0.2) is 11.6 Å². The Bertz CT molecular complexity index is 1160. The summed E-state index contributed by atoms with van der Waals surface area (Å²) in [5.74, 6) is 0.980. The Balaban J connectivity index is 1.30. The number of morpholine rings is 1. The van der Waals surface area contributed by atoms with Gasteiger partial charge >= 0.3 is 6.03 Å². The molecule has 0 bridgehead atoms. The normalized spacial score (nSPS) is 14.5. The molecule has 1 fully saturated rings. The first-order valence-electron chi connectivity index (χ1n) is 11.7. The molecule has 3 aromatic rings. The number of ether oxygens (including phenoxy) is 1. The maximum absolute atomic E-state index is 12.8. The summed E-state index contributed by atoms with van der Waals surface area (Å²) in [6, 6.07) is 14.0. The summed E-state index contributed by atoms with van der Waals surface area (Å²) >= 11 is 0. The highest BCUT2D eigenvalue weighted by Gasteiger charge is 2.20. The molecule has 2 aromatic heterocycles. The third-order valence-corrected chi connectivity index (χ3v) is 5.65. The average Bonchev–Trinajstić information content (AvgIpc) is 3.30. The summed E-state index contributed by atoms with van der Waals surface area (Å²) in [4.78, 5) is 31.9. The number of pyridine rings is 1. The zero-order valence-corrected chi connectivity index (χ0v) is 20.3. The molecule has 35 heavy (non-hydrogen) atoms. The van der Waals surface area contributed by atoms with Crippen molar-refractivity contribution < 1.29 is 18.8 Å². The van der Waals surface area contributed by atoms with Crippen molar-refractivity contribution in [2.75, 3.05) is 36.9 Å².